The van der Waals surface area contributed by atoms with Gasteiger partial charge in [-0.25, -0.2) is 4.79 Å². The van der Waals surface area contributed by atoms with E-state index in [-0.39, 0.29) is 11.5 Å². The van der Waals surface area contributed by atoms with E-state index < -0.39 is 29.6 Å². The number of hydrogen-bond acceptors (Lipinski definition) is 8. The molecule has 1 aromatic carbocycles. The molecule has 0 N–H and O–H groups in total. The molecular formula is C16H14BrNO7S. The lowest BCUT2D eigenvalue weighted by atomic mass is 10.2. The first-order chi connectivity index (χ1) is 12.3. The Hall–Kier alpha value is -2.33. The maximum absolute atomic E-state index is 12.4. The third kappa shape index (κ3) is 4.85. The van der Waals surface area contributed by atoms with Crippen molar-refractivity contribution in [1.29, 1.82) is 0 Å². The predicted octanol–water partition coefficient (Wildman–Crippen LogP) is 2.21. The normalized spacial score (nSPS) is 15.3. The second-order valence-corrected chi connectivity index (χ2v) is 6.80. The van der Waals surface area contributed by atoms with Crippen LogP contribution in [0.3, 0.4) is 0 Å². The molecule has 2 rings (SSSR count). The topological polar surface area (TPSA) is 99.2 Å². The Morgan fingerprint density at radius 3 is 2.54 bits per heavy atom. The third-order valence-corrected chi connectivity index (χ3v) is 4.62. The van der Waals surface area contributed by atoms with Crippen molar-refractivity contribution < 1.29 is 33.4 Å². The van der Waals surface area contributed by atoms with Crippen LogP contribution in [0.2, 0.25) is 0 Å². The molecule has 138 valence electrons. The summed E-state index contributed by atoms with van der Waals surface area (Å²) in [7, 11) is 2.41. The molecule has 1 saturated heterocycles. The summed E-state index contributed by atoms with van der Waals surface area (Å²) in [6.07, 6.45) is 1.46. The Morgan fingerprint density at radius 1 is 1.19 bits per heavy atom. The van der Waals surface area contributed by atoms with Crippen molar-refractivity contribution in [2.24, 2.45) is 0 Å². The average Bonchev–Trinajstić information content (AvgIpc) is 2.88. The molecule has 2 amide bonds. The summed E-state index contributed by atoms with van der Waals surface area (Å²) in [4.78, 5) is 47.8. The van der Waals surface area contributed by atoms with Crippen LogP contribution in [0.25, 0.3) is 6.08 Å². The number of benzene rings is 1. The fourth-order valence-electron chi connectivity index (χ4n) is 1.93. The van der Waals surface area contributed by atoms with Crippen LogP contribution in [0.5, 0.6) is 5.75 Å². The average molecular weight is 444 g/mol. The zero-order chi connectivity index (χ0) is 19.3. The van der Waals surface area contributed by atoms with E-state index in [9.17, 15) is 19.2 Å². The number of rotatable bonds is 6. The van der Waals surface area contributed by atoms with Gasteiger partial charge in [-0.05, 0) is 36.0 Å². The number of halogens is 1. The first kappa shape index (κ1) is 20.0. The van der Waals surface area contributed by atoms with E-state index >= 15 is 0 Å². The van der Waals surface area contributed by atoms with Gasteiger partial charge < -0.3 is 14.2 Å². The highest BCUT2D eigenvalue weighted by Crippen LogP contribution is 2.34. The van der Waals surface area contributed by atoms with Crippen molar-refractivity contribution in [3.8, 4) is 5.75 Å². The van der Waals surface area contributed by atoms with E-state index in [1.54, 1.807) is 18.2 Å². The maximum atomic E-state index is 12.4. The van der Waals surface area contributed by atoms with Gasteiger partial charge in [-0.3, -0.25) is 19.3 Å². The van der Waals surface area contributed by atoms with Gasteiger partial charge in [0, 0.05) is 10.0 Å². The fraction of sp³-hybridized carbons (Fsp3) is 0.250. The molecule has 1 aliphatic heterocycles. The molecule has 0 spiro atoms. The van der Waals surface area contributed by atoms with Crippen molar-refractivity contribution in [2.75, 3.05) is 27.4 Å². The number of amides is 2. The van der Waals surface area contributed by atoms with Crippen LogP contribution in [0.15, 0.2) is 27.6 Å². The van der Waals surface area contributed by atoms with Crippen molar-refractivity contribution in [2.45, 2.75) is 0 Å². The smallest absolute Gasteiger partial charge is 0.343 e. The molecule has 0 unspecified atom stereocenters. The van der Waals surface area contributed by atoms with Gasteiger partial charge in [-0.1, -0.05) is 15.9 Å². The fourth-order valence-corrected chi connectivity index (χ4v) is 3.14. The van der Waals surface area contributed by atoms with Gasteiger partial charge in [-0.15, -0.1) is 0 Å². The summed E-state index contributed by atoms with van der Waals surface area (Å²) in [5.74, 6) is -1.53. The minimum Gasteiger partial charge on any atom is -0.481 e. The monoisotopic (exact) mass is 443 g/mol. The van der Waals surface area contributed by atoms with Gasteiger partial charge in [-0.2, -0.15) is 0 Å². The van der Waals surface area contributed by atoms with E-state index in [2.05, 4.69) is 25.4 Å². The summed E-state index contributed by atoms with van der Waals surface area (Å²) in [6, 6.07) is 4.98. The molecular weight excluding hydrogens is 430 g/mol. The number of methoxy groups -OCH3 is 2. The lowest BCUT2D eigenvalue weighted by molar-refractivity contribution is -0.143. The number of thioether (sulfide) groups is 1. The Bertz CT molecular complexity index is 793. The molecule has 0 saturated carbocycles. The molecule has 8 nitrogen and oxygen atoms in total. The zero-order valence-corrected chi connectivity index (χ0v) is 16.2. The molecule has 0 aromatic heterocycles. The van der Waals surface area contributed by atoms with Crippen molar-refractivity contribution >= 4 is 56.9 Å². The third-order valence-electron chi connectivity index (χ3n) is 3.22. The maximum Gasteiger partial charge on any atom is 0.343 e. The Morgan fingerprint density at radius 2 is 1.88 bits per heavy atom. The van der Waals surface area contributed by atoms with E-state index in [1.807, 2.05) is 0 Å². The molecule has 1 aliphatic rings. The van der Waals surface area contributed by atoms with Crippen molar-refractivity contribution in [3.05, 3.63) is 33.1 Å². The molecule has 0 radical (unpaired) electrons. The Kier molecular flexibility index (Phi) is 6.81. The summed E-state index contributed by atoms with van der Waals surface area (Å²) in [6.45, 7) is -0.758. The highest BCUT2D eigenvalue weighted by atomic mass is 79.9. The van der Waals surface area contributed by atoms with E-state index in [0.717, 1.165) is 4.90 Å². The quantitative estimate of drug-likeness (QED) is 0.487. The molecule has 0 atom stereocenters. The summed E-state index contributed by atoms with van der Waals surface area (Å²) in [5.41, 5.74) is 0.479. The van der Waals surface area contributed by atoms with Crippen molar-refractivity contribution in [3.63, 3.8) is 0 Å². The highest BCUT2D eigenvalue weighted by molar-refractivity contribution is 9.10. The summed E-state index contributed by atoms with van der Waals surface area (Å²) in [5, 5.41) is -0.571. The van der Waals surface area contributed by atoms with Gasteiger partial charge in [0.2, 0.25) is 0 Å². The van der Waals surface area contributed by atoms with E-state index in [0.29, 0.717) is 27.5 Å². The Balaban J connectivity index is 2.27. The second kappa shape index (κ2) is 8.86. The van der Waals surface area contributed by atoms with Crippen molar-refractivity contribution in [1.82, 2.24) is 4.90 Å². The van der Waals surface area contributed by atoms with Crippen LogP contribution >= 0.6 is 27.7 Å². The molecule has 26 heavy (non-hydrogen) atoms. The molecule has 0 bridgehead atoms. The number of imide groups is 1. The minimum absolute atomic E-state index is 0.125. The van der Waals surface area contributed by atoms with Gasteiger partial charge in [0.1, 0.15) is 12.3 Å². The number of nitrogens with zero attached hydrogens (tertiary/aromatic N) is 1. The minimum atomic E-state index is -0.696. The summed E-state index contributed by atoms with van der Waals surface area (Å²) < 4.78 is 15.1. The van der Waals surface area contributed by atoms with Crippen LogP contribution < -0.4 is 4.74 Å². The van der Waals surface area contributed by atoms with Crippen LogP contribution in [0.4, 0.5) is 4.79 Å². The van der Waals surface area contributed by atoms with Crippen LogP contribution in [-0.4, -0.2) is 55.4 Å². The second-order valence-electron chi connectivity index (χ2n) is 4.89. The van der Waals surface area contributed by atoms with Gasteiger partial charge in [0.15, 0.2) is 6.61 Å². The van der Waals surface area contributed by atoms with E-state index in [4.69, 9.17) is 4.74 Å². The SMILES string of the molecule is COC(=O)COc1ccc(Br)cc1/C=C1/SC(=O)N(CC(=O)OC)C1=O. The van der Waals surface area contributed by atoms with Gasteiger partial charge >= 0.3 is 11.9 Å². The lowest BCUT2D eigenvalue weighted by Gasteiger charge is -2.10. The molecule has 1 fully saturated rings. The molecule has 0 aliphatic carbocycles. The summed E-state index contributed by atoms with van der Waals surface area (Å²) >= 11 is 4.01. The van der Waals surface area contributed by atoms with Crippen LogP contribution in [-0.2, 0) is 23.9 Å². The number of esters is 2. The molecule has 1 heterocycles. The first-order valence-corrected chi connectivity index (χ1v) is 8.78. The highest BCUT2D eigenvalue weighted by Gasteiger charge is 2.36. The standard InChI is InChI=1S/C16H14BrNO7S/c1-23-13(19)7-18-15(21)12(26-16(18)22)6-9-5-10(17)3-4-11(9)25-8-14(20)24-2/h3-6H,7-8H2,1-2H3/b12-6+. The molecule has 10 heteroatoms. The zero-order valence-electron chi connectivity index (χ0n) is 13.8. The largest absolute Gasteiger partial charge is 0.481 e. The van der Waals surface area contributed by atoms with E-state index in [1.165, 1.54) is 20.3 Å². The molecule has 1 aromatic rings. The Labute approximate surface area is 161 Å². The first-order valence-electron chi connectivity index (χ1n) is 7.17. The number of carbonyl (C=O) groups excluding carboxylic acids is 4. The van der Waals surface area contributed by atoms with Gasteiger partial charge in [0.05, 0.1) is 19.1 Å². The number of ether oxygens (including phenoxy) is 3. The van der Waals surface area contributed by atoms with Gasteiger partial charge in [0.25, 0.3) is 11.1 Å². The lowest BCUT2D eigenvalue weighted by Crippen LogP contribution is -2.34. The van der Waals surface area contributed by atoms with Crippen LogP contribution in [0.1, 0.15) is 5.56 Å². The van der Waals surface area contributed by atoms with Crippen LogP contribution in [0, 0.1) is 0 Å². The predicted molar refractivity (Wildman–Crippen MR) is 96.3 cm³/mol. The number of carbonyl (C=O) groups is 4. The number of hydrogen-bond donors (Lipinski definition) is 0.